The summed E-state index contributed by atoms with van der Waals surface area (Å²) >= 11 is 7.08. The van der Waals surface area contributed by atoms with E-state index in [-0.39, 0.29) is 24.2 Å². The fourth-order valence-electron chi connectivity index (χ4n) is 2.64. The molecule has 8 heteroatoms. The van der Waals surface area contributed by atoms with Gasteiger partial charge in [-0.15, -0.1) is 11.3 Å². The number of carbonyl (C=O) groups excluding carboxylic acids is 2. The van der Waals surface area contributed by atoms with Crippen molar-refractivity contribution >= 4 is 46.4 Å². The predicted octanol–water partition coefficient (Wildman–Crippen LogP) is 3.05. The van der Waals surface area contributed by atoms with E-state index in [1.54, 1.807) is 25.2 Å². The molecule has 1 aromatic heterocycles. The van der Waals surface area contributed by atoms with Crippen LogP contribution in [0.15, 0.2) is 41.4 Å². The standard InChI is InChI=1S/C17H17ClN4O2S/c1-17(9-14(23)22(2)16(19)21-17)10-4-3-5-11(8-10)20-15(24)12-6-7-13(18)25-12/h3-8H,9H2,1-2H3,(H2,19,21)(H,20,24)/t17-/m0/s1. The van der Waals surface area contributed by atoms with Gasteiger partial charge in [-0.25, -0.2) is 4.99 Å². The van der Waals surface area contributed by atoms with Crippen LogP contribution in [0, 0.1) is 0 Å². The average Bonchev–Trinajstić information content (AvgIpc) is 2.99. The van der Waals surface area contributed by atoms with Crippen molar-refractivity contribution in [3.8, 4) is 0 Å². The van der Waals surface area contributed by atoms with Gasteiger partial charge in [0, 0.05) is 12.7 Å². The smallest absolute Gasteiger partial charge is 0.265 e. The molecule has 2 heterocycles. The number of carbonyl (C=O) groups is 2. The molecule has 130 valence electrons. The van der Waals surface area contributed by atoms with Gasteiger partial charge in [0.15, 0.2) is 5.96 Å². The summed E-state index contributed by atoms with van der Waals surface area (Å²) in [6.07, 6.45) is 0.210. The summed E-state index contributed by atoms with van der Waals surface area (Å²) in [5.74, 6) is -0.152. The van der Waals surface area contributed by atoms with E-state index in [1.165, 1.54) is 16.2 Å². The topological polar surface area (TPSA) is 87.8 Å². The first-order valence-electron chi connectivity index (χ1n) is 7.57. The van der Waals surface area contributed by atoms with Crippen molar-refractivity contribution in [2.45, 2.75) is 18.9 Å². The lowest BCUT2D eigenvalue weighted by Gasteiger charge is -2.33. The minimum Gasteiger partial charge on any atom is -0.369 e. The minimum atomic E-state index is -0.763. The van der Waals surface area contributed by atoms with E-state index >= 15 is 0 Å². The van der Waals surface area contributed by atoms with E-state index < -0.39 is 5.54 Å². The quantitative estimate of drug-likeness (QED) is 0.862. The molecular formula is C17H17ClN4O2S. The van der Waals surface area contributed by atoms with E-state index in [9.17, 15) is 9.59 Å². The molecule has 3 N–H and O–H groups in total. The van der Waals surface area contributed by atoms with Gasteiger partial charge in [-0.2, -0.15) is 0 Å². The van der Waals surface area contributed by atoms with Crippen LogP contribution in [0.2, 0.25) is 4.34 Å². The predicted molar refractivity (Wildman–Crippen MR) is 100 cm³/mol. The third-order valence-corrected chi connectivity index (χ3v) is 5.34. The number of guanidine groups is 1. The summed E-state index contributed by atoms with van der Waals surface area (Å²) in [4.78, 5) is 30.7. The maximum Gasteiger partial charge on any atom is 0.265 e. The number of hydrogen-bond donors (Lipinski definition) is 2. The van der Waals surface area contributed by atoms with Gasteiger partial charge in [-0.1, -0.05) is 23.7 Å². The van der Waals surface area contributed by atoms with Gasteiger partial charge in [0.2, 0.25) is 5.91 Å². The largest absolute Gasteiger partial charge is 0.369 e. The highest BCUT2D eigenvalue weighted by Crippen LogP contribution is 2.34. The van der Waals surface area contributed by atoms with E-state index in [1.807, 2.05) is 25.1 Å². The SMILES string of the molecule is CN1C(=O)C[C@@](C)(c2cccc(NC(=O)c3ccc(Cl)s3)c2)N=C1N. The number of amides is 2. The number of benzene rings is 1. The molecule has 0 fully saturated rings. The first-order valence-corrected chi connectivity index (χ1v) is 8.77. The van der Waals surface area contributed by atoms with Crippen LogP contribution >= 0.6 is 22.9 Å². The van der Waals surface area contributed by atoms with Gasteiger partial charge in [0.05, 0.1) is 21.2 Å². The molecule has 6 nitrogen and oxygen atoms in total. The second-order valence-corrected chi connectivity index (χ2v) is 7.73. The van der Waals surface area contributed by atoms with E-state index in [2.05, 4.69) is 10.3 Å². The number of rotatable bonds is 3. The Hall–Kier alpha value is -2.38. The lowest BCUT2D eigenvalue weighted by molar-refractivity contribution is -0.128. The fraction of sp³-hybridized carbons (Fsp3) is 0.235. The van der Waals surface area contributed by atoms with Crippen molar-refractivity contribution in [2.24, 2.45) is 10.7 Å². The lowest BCUT2D eigenvalue weighted by Crippen LogP contribution is -2.47. The number of nitrogens with one attached hydrogen (secondary N) is 1. The van der Waals surface area contributed by atoms with Crippen LogP contribution in [0.5, 0.6) is 0 Å². The molecule has 0 unspecified atom stereocenters. The number of nitrogens with two attached hydrogens (primary N) is 1. The zero-order chi connectivity index (χ0) is 18.2. The summed E-state index contributed by atoms with van der Waals surface area (Å²) < 4.78 is 0.557. The summed E-state index contributed by atoms with van der Waals surface area (Å²) in [6, 6.07) is 10.6. The van der Waals surface area contributed by atoms with E-state index in [4.69, 9.17) is 17.3 Å². The van der Waals surface area contributed by atoms with Gasteiger partial charge in [-0.05, 0) is 36.8 Å². The maximum atomic E-state index is 12.3. The highest BCUT2D eigenvalue weighted by molar-refractivity contribution is 7.18. The Morgan fingerprint density at radius 2 is 2.16 bits per heavy atom. The van der Waals surface area contributed by atoms with Crippen molar-refractivity contribution in [2.75, 3.05) is 12.4 Å². The maximum absolute atomic E-state index is 12.3. The molecule has 2 amide bonds. The molecule has 25 heavy (non-hydrogen) atoms. The Morgan fingerprint density at radius 3 is 2.80 bits per heavy atom. The van der Waals surface area contributed by atoms with Crippen molar-refractivity contribution in [3.05, 3.63) is 51.2 Å². The third kappa shape index (κ3) is 3.52. The molecule has 1 aliphatic heterocycles. The first kappa shape index (κ1) is 17.4. The molecule has 0 bridgehead atoms. The Kier molecular flexibility index (Phi) is 4.53. The molecular weight excluding hydrogens is 360 g/mol. The zero-order valence-corrected chi connectivity index (χ0v) is 15.3. The number of nitrogens with zero attached hydrogens (tertiary/aromatic N) is 2. The Morgan fingerprint density at radius 1 is 1.40 bits per heavy atom. The molecule has 1 aromatic carbocycles. The summed E-state index contributed by atoms with van der Waals surface area (Å²) in [5.41, 5.74) is 6.51. The average molecular weight is 377 g/mol. The number of thiophene rings is 1. The Labute approximate surface area is 154 Å². The van der Waals surface area contributed by atoms with Gasteiger partial charge in [0.25, 0.3) is 5.91 Å². The lowest BCUT2D eigenvalue weighted by atomic mass is 9.87. The van der Waals surface area contributed by atoms with Gasteiger partial charge >= 0.3 is 0 Å². The molecule has 0 saturated carbocycles. The number of hydrogen-bond acceptors (Lipinski definition) is 5. The number of anilines is 1. The van der Waals surface area contributed by atoms with Gasteiger partial charge < -0.3 is 11.1 Å². The number of halogens is 1. The van der Waals surface area contributed by atoms with Crippen molar-refractivity contribution in [1.29, 1.82) is 0 Å². The van der Waals surface area contributed by atoms with Crippen LogP contribution < -0.4 is 11.1 Å². The van der Waals surface area contributed by atoms with Crippen LogP contribution in [-0.2, 0) is 10.3 Å². The second-order valence-electron chi connectivity index (χ2n) is 6.01. The Balaban J connectivity index is 1.87. The molecule has 0 aliphatic carbocycles. The van der Waals surface area contributed by atoms with Crippen LogP contribution in [0.4, 0.5) is 5.69 Å². The highest BCUT2D eigenvalue weighted by Gasteiger charge is 2.36. The van der Waals surface area contributed by atoms with Crippen LogP contribution in [-0.4, -0.2) is 29.7 Å². The Bertz CT molecular complexity index is 879. The summed E-state index contributed by atoms with van der Waals surface area (Å²) in [6.45, 7) is 1.85. The highest BCUT2D eigenvalue weighted by atomic mass is 35.5. The normalized spacial score (nSPS) is 20.4. The van der Waals surface area contributed by atoms with E-state index in [0.29, 0.717) is 14.9 Å². The van der Waals surface area contributed by atoms with Crippen LogP contribution in [0.25, 0.3) is 0 Å². The molecule has 3 rings (SSSR count). The van der Waals surface area contributed by atoms with Crippen LogP contribution in [0.1, 0.15) is 28.6 Å². The zero-order valence-electron chi connectivity index (χ0n) is 13.7. The molecule has 0 saturated heterocycles. The molecule has 0 radical (unpaired) electrons. The fourth-order valence-corrected chi connectivity index (χ4v) is 3.57. The minimum absolute atomic E-state index is 0.0994. The van der Waals surface area contributed by atoms with Crippen molar-refractivity contribution in [3.63, 3.8) is 0 Å². The molecule has 1 aliphatic rings. The summed E-state index contributed by atoms with van der Waals surface area (Å²) in [5, 5.41) is 2.84. The van der Waals surface area contributed by atoms with Gasteiger partial charge in [-0.3, -0.25) is 14.5 Å². The second kappa shape index (κ2) is 6.50. The molecule has 1 atom stereocenters. The van der Waals surface area contributed by atoms with Crippen molar-refractivity contribution in [1.82, 2.24) is 4.90 Å². The number of aliphatic imine (C=N–C) groups is 1. The monoisotopic (exact) mass is 376 g/mol. The van der Waals surface area contributed by atoms with Gasteiger partial charge in [0.1, 0.15) is 0 Å². The molecule has 2 aromatic rings. The van der Waals surface area contributed by atoms with Crippen LogP contribution in [0.3, 0.4) is 0 Å². The summed E-state index contributed by atoms with van der Waals surface area (Å²) in [7, 11) is 1.60. The first-order chi connectivity index (χ1) is 11.8. The van der Waals surface area contributed by atoms with E-state index in [0.717, 1.165) is 5.56 Å². The molecule has 0 spiro atoms. The van der Waals surface area contributed by atoms with Crippen molar-refractivity contribution < 1.29 is 9.59 Å². The third-order valence-electron chi connectivity index (χ3n) is 4.11.